The van der Waals surface area contributed by atoms with E-state index in [1.807, 2.05) is 37.3 Å². The summed E-state index contributed by atoms with van der Waals surface area (Å²) in [6, 6.07) is 11.5. The molecule has 0 aliphatic rings. The Labute approximate surface area is 136 Å². The third-order valence-corrected chi connectivity index (χ3v) is 3.73. The standard InChI is InChI=1S/C19H22O4/c1-4-15-16(17(21)11-20)10-18(22-3)13(2)19(15)23-12-14-8-6-5-7-9-14/h4-10,17,20-21H,1,11-12H2,2-3H3. The van der Waals surface area contributed by atoms with E-state index in [0.717, 1.165) is 11.1 Å². The maximum absolute atomic E-state index is 10.1. The van der Waals surface area contributed by atoms with E-state index in [1.165, 1.54) is 0 Å². The fraction of sp³-hybridized carbons (Fsp3) is 0.263. The van der Waals surface area contributed by atoms with Gasteiger partial charge < -0.3 is 19.7 Å². The zero-order valence-electron chi connectivity index (χ0n) is 13.5. The molecule has 4 heteroatoms. The molecule has 0 radical (unpaired) electrons. The molecule has 0 fully saturated rings. The predicted octanol–water partition coefficient (Wildman–Crippen LogP) is 3.25. The van der Waals surface area contributed by atoms with Crippen LogP contribution in [0.5, 0.6) is 11.5 Å². The van der Waals surface area contributed by atoms with Crippen molar-refractivity contribution in [1.29, 1.82) is 0 Å². The number of benzene rings is 2. The van der Waals surface area contributed by atoms with Crippen molar-refractivity contribution < 1.29 is 19.7 Å². The highest BCUT2D eigenvalue weighted by molar-refractivity contribution is 5.66. The molecule has 122 valence electrons. The van der Waals surface area contributed by atoms with Gasteiger partial charge in [-0.3, -0.25) is 0 Å². The Kier molecular flexibility index (Phi) is 5.79. The first-order valence-electron chi connectivity index (χ1n) is 7.42. The van der Waals surface area contributed by atoms with Crippen LogP contribution in [0.2, 0.25) is 0 Å². The number of hydrogen-bond acceptors (Lipinski definition) is 4. The lowest BCUT2D eigenvalue weighted by atomic mass is 9.97. The highest BCUT2D eigenvalue weighted by Gasteiger charge is 2.20. The molecule has 0 aliphatic carbocycles. The lowest BCUT2D eigenvalue weighted by Crippen LogP contribution is -2.09. The van der Waals surface area contributed by atoms with E-state index < -0.39 is 6.10 Å². The van der Waals surface area contributed by atoms with Gasteiger partial charge in [-0.2, -0.15) is 0 Å². The van der Waals surface area contributed by atoms with Crippen LogP contribution in [0.1, 0.15) is 28.4 Å². The molecule has 0 aliphatic heterocycles. The molecular weight excluding hydrogens is 292 g/mol. The summed E-state index contributed by atoms with van der Waals surface area (Å²) in [5.74, 6) is 1.20. The van der Waals surface area contributed by atoms with Crippen molar-refractivity contribution in [2.45, 2.75) is 19.6 Å². The van der Waals surface area contributed by atoms with Gasteiger partial charge in [0.05, 0.1) is 13.7 Å². The maximum atomic E-state index is 10.1. The smallest absolute Gasteiger partial charge is 0.133 e. The minimum absolute atomic E-state index is 0.384. The third kappa shape index (κ3) is 3.73. The summed E-state index contributed by atoms with van der Waals surface area (Å²) >= 11 is 0. The summed E-state index contributed by atoms with van der Waals surface area (Å²) in [5.41, 5.74) is 3.06. The number of aliphatic hydroxyl groups is 2. The zero-order chi connectivity index (χ0) is 16.8. The Morgan fingerprint density at radius 1 is 1.26 bits per heavy atom. The van der Waals surface area contributed by atoms with Crippen molar-refractivity contribution in [3.8, 4) is 11.5 Å². The quantitative estimate of drug-likeness (QED) is 0.823. The molecule has 2 aromatic rings. The highest BCUT2D eigenvalue weighted by atomic mass is 16.5. The third-order valence-electron chi connectivity index (χ3n) is 3.73. The fourth-order valence-electron chi connectivity index (χ4n) is 2.48. The zero-order valence-corrected chi connectivity index (χ0v) is 13.5. The lowest BCUT2D eigenvalue weighted by Gasteiger charge is -2.20. The van der Waals surface area contributed by atoms with Crippen molar-refractivity contribution in [3.63, 3.8) is 0 Å². The van der Waals surface area contributed by atoms with Gasteiger partial charge >= 0.3 is 0 Å². The summed E-state index contributed by atoms with van der Waals surface area (Å²) in [6.45, 7) is 5.71. The Hall–Kier alpha value is -2.30. The van der Waals surface area contributed by atoms with Gasteiger partial charge in [-0.1, -0.05) is 43.0 Å². The molecule has 0 bridgehead atoms. The topological polar surface area (TPSA) is 58.9 Å². The summed E-state index contributed by atoms with van der Waals surface area (Å²) < 4.78 is 11.3. The summed E-state index contributed by atoms with van der Waals surface area (Å²) in [6.07, 6.45) is 0.609. The molecule has 0 amide bonds. The predicted molar refractivity (Wildman–Crippen MR) is 90.6 cm³/mol. The van der Waals surface area contributed by atoms with Gasteiger partial charge in [0.1, 0.15) is 24.2 Å². The van der Waals surface area contributed by atoms with Gasteiger partial charge in [0.25, 0.3) is 0 Å². The van der Waals surface area contributed by atoms with E-state index >= 15 is 0 Å². The molecule has 2 aromatic carbocycles. The van der Waals surface area contributed by atoms with E-state index in [1.54, 1.807) is 19.3 Å². The Morgan fingerprint density at radius 2 is 1.96 bits per heavy atom. The molecule has 4 nitrogen and oxygen atoms in total. The Balaban J connectivity index is 2.44. The molecule has 23 heavy (non-hydrogen) atoms. The van der Waals surface area contributed by atoms with Gasteiger partial charge in [0, 0.05) is 11.1 Å². The Morgan fingerprint density at radius 3 is 2.52 bits per heavy atom. The minimum Gasteiger partial charge on any atom is -0.496 e. The summed E-state index contributed by atoms with van der Waals surface area (Å²) in [7, 11) is 1.56. The van der Waals surface area contributed by atoms with Crippen LogP contribution in [0.4, 0.5) is 0 Å². The Bertz CT molecular complexity index is 665. The van der Waals surface area contributed by atoms with E-state index in [0.29, 0.717) is 29.2 Å². The van der Waals surface area contributed by atoms with Crippen molar-refractivity contribution in [2.24, 2.45) is 0 Å². The normalized spacial score (nSPS) is 11.8. The largest absolute Gasteiger partial charge is 0.496 e. The fourth-order valence-corrected chi connectivity index (χ4v) is 2.48. The second kappa shape index (κ2) is 7.81. The SMILES string of the molecule is C=Cc1c(C(O)CO)cc(OC)c(C)c1OCc1ccccc1. The highest BCUT2D eigenvalue weighted by Crippen LogP contribution is 2.38. The average molecular weight is 314 g/mol. The second-order valence-electron chi connectivity index (χ2n) is 5.21. The molecular formula is C19H22O4. The minimum atomic E-state index is -1.02. The van der Waals surface area contributed by atoms with E-state index in [2.05, 4.69) is 6.58 Å². The lowest BCUT2D eigenvalue weighted by molar-refractivity contribution is 0.0949. The van der Waals surface area contributed by atoms with Crippen LogP contribution < -0.4 is 9.47 Å². The van der Waals surface area contributed by atoms with Crippen molar-refractivity contribution in [3.05, 3.63) is 65.2 Å². The second-order valence-corrected chi connectivity index (χ2v) is 5.21. The number of ether oxygens (including phenoxy) is 2. The van der Waals surface area contributed by atoms with Crippen LogP contribution >= 0.6 is 0 Å². The van der Waals surface area contributed by atoms with Crippen molar-refractivity contribution in [2.75, 3.05) is 13.7 Å². The first kappa shape index (κ1) is 17.1. The van der Waals surface area contributed by atoms with E-state index in [4.69, 9.17) is 9.47 Å². The molecule has 0 saturated carbocycles. The van der Waals surface area contributed by atoms with Gasteiger partial charge in [0.2, 0.25) is 0 Å². The number of methoxy groups -OCH3 is 1. The molecule has 1 atom stereocenters. The number of hydrogen-bond donors (Lipinski definition) is 2. The first-order chi connectivity index (χ1) is 11.1. The van der Waals surface area contributed by atoms with Crippen LogP contribution in [0.25, 0.3) is 6.08 Å². The summed E-state index contributed by atoms with van der Waals surface area (Å²) in [4.78, 5) is 0. The molecule has 0 spiro atoms. The average Bonchev–Trinajstić information content (AvgIpc) is 2.60. The van der Waals surface area contributed by atoms with E-state index in [9.17, 15) is 10.2 Å². The summed E-state index contributed by atoms with van der Waals surface area (Å²) in [5, 5.41) is 19.3. The number of rotatable bonds is 7. The molecule has 1 unspecified atom stereocenters. The van der Waals surface area contributed by atoms with Crippen molar-refractivity contribution in [1.82, 2.24) is 0 Å². The van der Waals surface area contributed by atoms with Gasteiger partial charge in [-0.15, -0.1) is 0 Å². The van der Waals surface area contributed by atoms with Crippen LogP contribution in [-0.4, -0.2) is 23.9 Å². The van der Waals surface area contributed by atoms with E-state index in [-0.39, 0.29) is 6.61 Å². The van der Waals surface area contributed by atoms with Gasteiger partial charge in [0.15, 0.2) is 0 Å². The monoisotopic (exact) mass is 314 g/mol. The maximum Gasteiger partial charge on any atom is 0.133 e. The number of aliphatic hydroxyl groups excluding tert-OH is 2. The first-order valence-corrected chi connectivity index (χ1v) is 7.42. The van der Waals surface area contributed by atoms with Crippen LogP contribution in [0, 0.1) is 6.92 Å². The van der Waals surface area contributed by atoms with Crippen LogP contribution in [0.15, 0.2) is 43.0 Å². The van der Waals surface area contributed by atoms with Crippen LogP contribution in [0.3, 0.4) is 0 Å². The molecule has 2 rings (SSSR count). The molecule has 0 saturated heterocycles. The van der Waals surface area contributed by atoms with Crippen molar-refractivity contribution >= 4 is 6.08 Å². The molecule has 0 aromatic heterocycles. The van der Waals surface area contributed by atoms with Gasteiger partial charge in [-0.05, 0) is 24.1 Å². The molecule has 0 heterocycles. The molecule has 2 N–H and O–H groups in total. The van der Waals surface area contributed by atoms with Crippen LogP contribution in [-0.2, 0) is 6.61 Å². The van der Waals surface area contributed by atoms with Gasteiger partial charge in [-0.25, -0.2) is 0 Å².